The molecule has 196 valence electrons. The highest BCUT2D eigenvalue weighted by atomic mass is 19.4. The predicted molar refractivity (Wildman–Crippen MR) is 132 cm³/mol. The van der Waals surface area contributed by atoms with Crippen LogP contribution in [-0.4, -0.2) is 73.4 Å². The molecule has 4 rings (SSSR count). The van der Waals surface area contributed by atoms with E-state index in [-0.39, 0.29) is 24.4 Å². The number of carbonyl (C=O) groups is 1. The molecule has 2 saturated heterocycles. The topological polar surface area (TPSA) is 94.6 Å². The van der Waals surface area contributed by atoms with Gasteiger partial charge in [0.1, 0.15) is 11.4 Å². The number of piperazine rings is 1. The largest absolute Gasteiger partial charge is 0.449 e. The fraction of sp³-hybridized carbons (Fsp3) is 0.542. The highest BCUT2D eigenvalue weighted by Crippen LogP contribution is 2.34. The number of benzene rings is 1. The van der Waals surface area contributed by atoms with E-state index in [1.54, 1.807) is 4.90 Å². The van der Waals surface area contributed by atoms with Crippen molar-refractivity contribution in [3.63, 3.8) is 0 Å². The van der Waals surface area contributed by atoms with Crippen molar-refractivity contribution in [3.8, 4) is 0 Å². The number of carbonyl (C=O) groups excluding carboxylic acids is 1. The lowest BCUT2D eigenvalue weighted by molar-refractivity contribution is -0.137. The standard InChI is InChI=1S/C24H32F3N7O2/c1-2-17-15-18(33-12-8-28-9-13-33)5-6-20(17)31-22-30-16-19(24(25,26)27)21(32-22)29-7-3-10-34-11-4-14-36-23(34)35/h5-6,15-16,28H,2-4,7-14H2,1H3,(H2,29,30,31,32). The van der Waals surface area contributed by atoms with Crippen LogP contribution in [0.1, 0.15) is 30.9 Å². The highest BCUT2D eigenvalue weighted by Gasteiger charge is 2.35. The number of alkyl halides is 3. The molecule has 0 spiro atoms. The zero-order valence-corrected chi connectivity index (χ0v) is 20.3. The molecule has 0 bridgehead atoms. The third kappa shape index (κ3) is 6.48. The average Bonchev–Trinajstić information content (AvgIpc) is 2.88. The third-order valence-corrected chi connectivity index (χ3v) is 6.25. The second-order valence-corrected chi connectivity index (χ2v) is 8.75. The minimum absolute atomic E-state index is 0.0785. The molecule has 0 aliphatic carbocycles. The number of rotatable bonds is 9. The van der Waals surface area contributed by atoms with Crippen molar-refractivity contribution >= 4 is 29.2 Å². The Bertz CT molecular complexity index is 1040. The Morgan fingerprint density at radius 3 is 2.72 bits per heavy atom. The van der Waals surface area contributed by atoms with Gasteiger partial charge in [0.25, 0.3) is 0 Å². The monoisotopic (exact) mass is 507 g/mol. The van der Waals surface area contributed by atoms with Crippen molar-refractivity contribution in [2.75, 3.05) is 68.0 Å². The van der Waals surface area contributed by atoms with Gasteiger partial charge < -0.3 is 30.5 Å². The number of nitrogens with zero attached hydrogens (tertiary/aromatic N) is 4. The molecule has 0 atom stereocenters. The van der Waals surface area contributed by atoms with Crippen LogP contribution in [0.15, 0.2) is 24.4 Å². The molecule has 2 aromatic rings. The highest BCUT2D eigenvalue weighted by molar-refractivity contribution is 5.68. The number of aryl methyl sites for hydroxylation is 1. The molecule has 0 unspecified atom stereocenters. The maximum atomic E-state index is 13.6. The first kappa shape index (κ1) is 25.8. The third-order valence-electron chi connectivity index (χ3n) is 6.25. The van der Waals surface area contributed by atoms with Gasteiger partial charge in [-0.2, -0.15) is 18.2 Å². The second-order valence-electron chi connectivity index (χ2n) is 8.75. The van der Waals surface area contributed by atoms with Crippen molar-refractivity contribution in [2.45, 2.75) is 32.4 Å². The molecule has 3 heterocycles. The molecule has 36 heavy (non-hydrogen) atoms. The van der Waals surface area contributed by atoms with Gasteiger partial charge >= 0.3 is 12.3 Å². The van der Waals surface area contributed by atoms with Gasteiger partial charge in [-0.3, -0.25) is 0 Å². The fourth-order valence-electron chi connectivity index (χ4n) is 4.30. The van der Waals surface area contributed by atoms with Crippen LogP contribution in [0, 0.1) is 0 Å². The first-order chi connectivity index (χ1) is 17.3. The molecule has 12 heteroatoms. The summed E-state index contributed by atoms with van der Waals surface area (Å²) in [5, 5.41) is 9.20. The van der Waals surface area contributed by atoms with Crippen LogP contribution in [0.25, 0.3) is 0 Å². The van der Waals surface area contributed by atoms with E-state index in [4.69, 9.17) is 4.74 Å². The molecule has 0 radical (unpaired) electrons. The summed E-state index contributed by atoms with van der Waals surface area (Å²) in [7, 11) is 0. The summed E-state index contributed by atoms with van der Waals surface area (Å²) in [6.07, 6.45) is -2.26. The number of ether oxygens (including phenoxy) is 1. The molecular weight excluding hydrogens is 475 g/mol. The lowest BCUT2D eigenvalue weighted by atomic mass is 10.1. The fourth-order valence-corrected chi connectivity index (χ4v) is 4.30. The summed E-state index contributed by atoms with van der Waals surface area (Å²) in [6, 6.07) is 6.02. The van der Waals surface area contributed by atoms with Crippen molar-refractivity contribution in [1.29, 1.82) is 0 Å². The van der Waals surface area contributed by atoms with Gasteiger partial charge in [-0.15, -0.1) is 0 Å². The van der Waals surface area contributed by atoms with E-state index in [2.05, 4.69) is 36.9 Å². The van der Waals surface area contributed by atoms with Gasteiger partial charge in [0.15, 0.2) is 0 Å². The van der Waals surface area contributed by atoms with E-state index in [0.29, 0.717) is 26.1 Å². The summed E-state index contributed by atoms with van der Waals surface area (Å²) >= 11 is 0. The Balaban J connectivity index is 1.45. The van der Waals surface area contributed by atoms with Gasteiger partial charge in [-0.05, 0) is 43.0 Å². The minimum atomic E-state index is -4.60. The first-order valence-corrected chi connectivity index (χ1v) is 12.3. The van der Waals surface area contributed by atoms with Crippen LogP contribution in [0.2, 0.25) is 0 Å². The molecule has 1 amide bonds. The molecule has 2 aliphatic rings. The quantitative estimate of drug-likeness (QED) is 0.441. The van der Waals surface area contributed by atoms with Gasteiger partial charge in [-0.25, -0.2) is 9.78 Å². The van der Waals surface area contributed by atoms with Crippen LogP contribution < -0.4 is 20.9 Å². The normalized spacial score (nSPS) is 16.6. The molecule has 9 nitrogen and oxygen atoms in total. The summed E-state index contributed by atoms with van der Waals surface area (Å²) in [6.45, 7) is 7.32. The summed E-state index contributed by atoms with van der Waals surface area (Å²) in [5.74, 6) is -0.216. The summed E-state index contributed by atoms with van der Waals surface area (Å²) < 4.78 is 45.7. The number of aromatic nitrogens is 2. The van der Waals surface area contributed by atoms with Gasteiger partial charge in [0, 0.05) is 63.4 Å². The predicted octanol–water partition coefficient (Wildman–Crippen LogP) is 3.86. The molecule has 2 aliphatic heterocycles. The maximum absolute atomic E-state index is 13.6. The van der Waals surface area contributed by atoms with Gasteiger partial charge in [-0.1, -0.05) is 6.92 Å². The molecule has 1 aromatic carbocycles. The Labute approximate surface area is 208 Å². The lowest BCUT2D eigenvalue weighted by Gasteiger charge is -2.30. The second kappa shape index (κ2) is 11.6. The number of hydrogen-bond acceptors (Lipinski definition) is 8. The van der Waals surface area contributed by atoms with Crippen LogP contribution >= 0.6 is 0 Å². The van der Waals surface area contributed by atoms with Crippen LogP contribution in [0.3, 0.4) is 0 Å². The van der Waals surface area contributed by atoms with Crippen molar-refractivity contribution in [2.24, 2.45) is 0 Å². The van der Waals surface area contributed by atoms with Crippen LogP contribution in [0.5, 0.6) is 0 Å². The number of halogens is 3. The smallest absolute Gasteiger partial charge is 0.421 e. The number of hydrogen-bond donors (Lipinski definition) is 3. The first-order valence-electron chi connectivity index (χ1n) is 12.3. The molecule has 0 saturated carbocycles. The number of cyclic esters (lactones) is 1. The SMILES string of the molecule is CCc1cc(N2CCNCC2)ccc1Nc1ncc(C(F)(F)F)c(NCCCN2CCCOC2=O)n1. The van der Waals surface area contributed by atoms with E-state index in [0.717, 1.165) is 62.2 Å². The van der Waals surface area contributed by atoms with Crippen molar-refractivity contribution in [3.05, 3.63) is 35.5 Å². The Hall–Kier alpha value is -3.28. The molecule has 2 fully saturated rings. The molecular formula is C24H32F3N7O2. The lowest BCUT2D eigenvalue weighted by Crippen LogP contribution is -2.43. The van der Waals surface area contributed by atoms with Crippen LogP contribution in [-0.2, 0) is 17.3 Å². The number of anilines is 4. The number of amides is 1. The van der Waals surface area contributed by atoms with E-state index < -0.39 is 11.7 Å². The van der Waals surface area contributed by atoms with E-state index >= 15 is 0 Å². The Morgan fingerprint density at radius 2 is 2.00 bits per heavy atom. The van der Waals surface area contributed by atoms with Gasteiger partial charge in [0.05, 0.1) is 6.61 Å². The zero-order valence-electron chi connectivity index (χ0n) is 20.3. The Morgan fingerprint density at radius 1 is 1.19 bits per heavy atom. The minimum Gasteiger partial charge on any atom is -0.449 e. The molecule has 1 aromatic heterocycles. The summed E-state index contributed by atoms with van der Waals surface area (Å²) in [5.41, 5.74) is 1.96. The zero-order chi connectivity index (χ0) is 25.5. The molecule has 3 N–H and O–H groups in total. The Kier molecular flexibility index (Phi) is 8.34. The van der Waals surface area contributed by atoms with Crippen LogP contribution in [0.4, 0.5) is 41.1 Å². The van der Waals surface area contributed by atoms with E-state index in [9.17, 15) is 18.0 Å². The van der Waals surface area contributed by atoms with E-state index in [1.807, 2.05) is 19.1 Å². The van der Waals surface area contributed by atoms with Gasteiger partial charge in [0.2, 0.25) is 5.95 Å². The van der Waals surface area contributed by atoms with Crippen molar-refractivity contribution in [1.82, 2.24) is 20.2 Å². The number of nitrogens with one attached hydrogen (secondary N) is 3. The maximum Gasteiger partial charge on any atom is 0.421 e. The van der Waals surface area contributed by atoms with Crippen molar-refractivity contribution < 1.29 is 22.7 Å². The average molecular weight is 508 g/mol. The summed E-state index contributed by atoms with van der Waals surface area (Å²) in [4.78, 5) is 23.7. The van der Waals surface area contributed by atoms with E-state index in [1.165, 1.54) is 0 Å².